The van der Waals surface area contributed by atoms with E-state index in [1.807, 2.05) is 12.3 Å². The number of hydrogen-bond donors (Lipinski definition) is 2. The number of hydrogen-bond acceptors (Lipinski definition) is 4. The molecule has 0 aliphatic carbocycles. The van der Waals surface area contributed by atoms with Crippen LogP contribution in [0.1, 0.15) is 16.7 Å². The molecule has 0 bridgehead atoms. The van der Waals surface area contributed by atoms with Crippen LogP contribution in [0.25, 0.3) is 0 Å². The SMILES string of the molecule is Fc1ccc(CNc2cc3c(cn2)NCCN(Cc2ccccc2)C3)cc1. The second-order valence-electron chi connectivity index (χ2n) is 6.83. The fourth-order valence-corrected chi connectivity index (χ4v) is 3.32. The normalized spacial score (nSPS) is 14.1. The number of rotatable bonds is 5. The van der Waals surface area contributed by atoms with Gasteiger partial charge in [-0.3, -0.25) is 4.90 Å². The number of fused-ring (bicyclic) bond motifs is 1. The van der Waals surface area contributed by atoms with Crippen molar-refractivity contribution in [1.82, 2.24) is 9.88 Å². The average Bonchev–Trinajstić information content (AvgIpc) is 2.89. The van der Waals surface area contributed by atoms with Crippen molar-refractivity contribution in [3.63, 3.8) is 0 Å². The number of anilines is 2. The van der Waals surface area contributed by atoms with Crippen LogP contribution in [0.15, 0.2) is 66.9 Å². The molecule has 27 heavy (non-hydrogen) atoms. The van der Waals surface area contributed by atoms with E-state index in [4.69, 9.17) is 0 Å². The Bertz CT molecular complexity index is 881. The van der Waals surface area contributed by atoms with E-state index < -0.39 is 0 Å². The Labute approximate surface area is 159 Å². The zero-order valence-electron chi connectivity index (χ0n) is 15.2. The van der Waals surface area contributed by atoms with Crippen LogP contribution < -0.4 is 10.6 Å². The van der Waals surface area contributed by atoms with Crippen molar-refractivity contribution in [2.75, 3.05) is 23.7 Å². The van der Waals surface area contributed by atoms with Crippen LogP contribution in [0.3, 0.4) is 0 Å². The van der Waals surface area contributed by atoms with Gasteiger partial charge in [-0.2, -0.15) is 0 Å². The quantitative estimate of drug-likeness (QED) is 0.711. The number of aromatic nitrogens is 1. The molecule has 0 saturated carbocycles. The average molecular weight is 362 g/mol. The number of halogens is 1. The molecule has 5 heteroatoms. The molecule has 0 unspecified atom stereocenters. The molecule has 0 fully saturated rings. The van der Waals surface area contributed by atoms with Crippen molar-refractivity contribution in [1.29, 1.82) is 0 Å². The lowest BCUT2D eigenvalue weighted by Crippen LogP contribution is -2.25. The minimum absolute atomic E-state index is 0.216. The molecule has 1 aliphatic rings. The van der Waals surface area contributed by atoms with Gasteiger partial charge in [0.2, 0.25) is 0 Å². The third kappa shape index (κ3) is 4.63. The highest BCUT2D eigenvalue weighted by atomic mass is 19.1. The predicted octanol–water partition coefficient (Wildman–Crippen LogP) is 4.26. The predicted molar refractivity (Wildman–Crippen MR) is 107 cm³/mol. The molecule has 3 aromatic rings. The summed E-state index contributed by atoms with van der Waals surface area (Å²) in [6.07, 6.45) is 1.90. The Kier molecular flexibility index (Phi) is 5.30. The standard InChI is InChI=1S/C22H23FN4/c23-20-8-6-17(7-9-20)13-25-22-12-19-16-27(11-10-24-21(19)14-26-22)15-18-4-2-1-3-5-18/h1-9,12,14,24H,10-11,13,15-16H2,(H,25,26). The van der Waals surface area contributed by atoms with Gasteiger partial charge in [0.05, 0.1) is 11.9 Å². The molecule has 2 heterocycles. The summed E-state index contributed by atoms with van der Waals surface area (Å²) in [6, 6.07) is 19.2. The Morgan fingerprint density at radius 2 is 1.85 bits per heavy atom. The summed E-state index contributed by atoms with van der Waals surface area (Å²) in [6.45, 7) is 4.33. The molecule has 0 saturated heterocycles. The molecule has 4 rings (SSSR count). The van der Waals surface area contributed by atoms with Gasteiger partial charge in [-0.05, 0) is 34.9 Å². The van der Waals surface area contributed by atoms with Crippen molar-refractivity contribution in [2.24, 2.45) is 0 Å². The summed E-state index contributed by atoms with van der Waals surface area (Å²) >= 11 is 0. The summed E-state index contributed by atoms with van der Waals surface area (Å²) in [4.78, 5) is 6.95. The summed E-state index contributed by atoms with van der Waals surface area (Å²) in [5.41, 5.74) is 4.68. The van der Waals surface area contributed by atoms with Gasteiger partial charge in [-0.25, -0.2) is 9.37 Å². The first-order chi connectivity index (χ1) is 13.3. The van der Waals surface area contributed by atoms with Gasteiger partial charge in [-0.1, -0.05) is 42.5 Å². The topological polar surface area (TPSA) is 40.2 Å². The molecule has 2 aromatic carbocycles. The fourth-order valence-electron chi connectivity index (χ4n) is 3.32. The molecule has 0 spiro atoms. The van der Waals surface area contributed by atoms with Gasteiger partial charge in [0.15, 0.2) is 0 Å². The maximum absolute atomic E-state index is 13.0. The lowest BCUT2D eigenvalue weighted by atomic mass is 10.1. The van der Waals surface area contributed by atoms with Gasteiger partial charge in [0.25, 0.3) is 0 Å². The van der Waals surface area contributed by atoms with Crippen LogP contribution in [0.4, 0.5) is 15.9 Å². The maximum Gasteiger partial charge on any atom is 0.126 e. The van der Waals surface area contributed by atoms with Gasteiger partial charge < -0.3 is 10.6 Å². The molecule has 2 N–H and O–H groups in total. The van der Waals surface area contributed by atoms with E-state index in [-0.39, 0.29) is 5.82 Å². The third-order valence-electron chi connectivity index (χ3n) is 4.76. The first-order valence-electron chi connectivity index (χ1n) is 9.24. The van der Waals surface area contributed by atoms with Gasteiger partial charge in [0.1, 0.15) is 11.6 Å². The Morgan fingerprint density at radius 1 is 1.04 bits per heavy atom. The minimum atomic E-state index is -0.216. The van der Waals surface area contributed by atoms with Crippen molar-refractivity contribution >= 4 is 11.5 Å². The van der Waals surface area contributed by atoms with E-state index in [1.165, 1.54) is 23.3 Å². The first-order valence-corrected chi connectivity index (χ1v) is 9.24. The number of benzene rings is 2. The van der Waals surface area contributed by atoms with Gasteiger partial charge in [0, 0.05) is 32.7 Å². The van der Waals surface area contributed by atoms with Crippen LogP contribution >= 0.6 is 0 Å². The molecular formula is C22H23FN4. The summed E-state index contributed by atoms with van der Waals surface area (Å²) in [7, 11) is 0. The zero-order chi connectivity index (χ0) is 18.5. The van der Waals surface area contributed by atoms with Crippen LogP contribution in [-0.4, -0.2) is 23.0 Å². The highest BCUT2D eigenvalue weighted by molar-refractivity contribution is 5.55. The van der Waals surface area contributed by atoms with E-state index >= 15 is 0 Å². The molecule has 1 aromatic heterocycles. The zero-order valence-corrected chi connectivity index (χ0v) is 15.2. The monoisotopic (exact) mass is 362 g/mol. The summed E-state index contributed by atoms with van der Waals surface area (Å²) in [5, 5.41) is 6.81. The van der Waals surface area contributed by atoms with Crippen LogP contribution in [-0.2, 0) is 19.6 Å². The smallest absolute Gasteiger partial charge is 0.126 e. The Balaban J connectivity index is 1.44. The summed E-state index contributed by atoms with van der Waals surface area (Å²) in [5.74, 6) is 0.618. The molecule has 0 atom stereocenters. The molecule has 1 aliphatic heterocycles. The fraction of sp³-hybridized carbons (Fsp3) is 0.227. The molecule has 4 nitrogen and oxygen atoms in total. The van der Waals surface area contributed by atoms with Crippen molar-refractivity contribution in [3.8, 4) is 0 Å². The van der Waals surface area contributed by atoms with E-state index in [2.05, 4.69) is 50.8 Å². The maximum atomic E-state index is 13.0. The Hall–Kier alpha value is -2.92. The second kappa shape index (κ2) is 8.18. The second-order valence-corrected chi connectivity index (χ2v) is 6.83. The van der Waals surface area contributed by atoms with E-state index in [9.17, 15) is 4.39 Å². The minimum Gasteiger partial charge on any atom is -0.382 e. The molecule has 0 radical (unpaired) electrons. The van der Waals surface area contributed by atoms with Crippen molar-refractivity contribution in [2.45, 2.75) is 19.6 Å². The highest BCUT2D eigenvalue weighted by Crippen LogP contribution is 2.23. The number of nitrogens with zero attached hydrogens (tertiary/aromatic N) is 2. The van der Waals surface area contributed by atoms with Gasteiger partial charge >= 0.3 is 0 Å². The van der Waals surface area contributed by atoms with Crippen LogP contribution in [0, 0.1) is 5.82 Å². The molecule has 138 valence electrons. The Morgan fingerprint density at radius 3 is 2.67 bits per heavy atom. The van der Waals surface area contributed by atoms with Crippen LogP contribution in [0.2, 0.25) is 0 Å². The lowest BCUT2D eigenvalue weighted by Gasteiger charge is -2.20. The molecule has 0 amide bonds. The lowest BCUT2D eigenvalue weighted by molar-refractivity contribution is 0.272. The van der Waals surface area contributed by atoms with E-state index in [0.717, 1.165) is 43.2 Å². The first kappa shape index (κ1) is 17.5. The van der Waals surface area contributed by atoms with Gasteiger partial charge in [-0.15, -0.1) is 0 Å². The number of nitrogens with one attached hydrogen (secondary N) is 2. The number of pyridine rings is 1. The van der Waals surface area contributed by atoms with E-state index in [1.54, 1.807) is 12.1 Å². The van der Waals surface area contributed by atoms with E-state index in [0.29, 0.717) is 6.54 Å². The largest absolute Gasteiger partial charge is 0.382 e. The van der Waals surface area contributed by atoms with Crippen molar-refractivity contribution in [3.05, 3.63) is 89.4 Å². The van der Waals surface area contributed by atoms with Crippen LogP contribution in [0.5, 0.6) is 0 Å². The summed E-state index contributed by atoms with van der Waals surface area (Å²) < 4.78 is 13.0. The molecular weight excluding hydrogens is 339 g/mol. The highest BCUT2D eigenvalue weighted by Gasteiger charge is 2.15. The van der Waals surface area contributed by atoms with Crippen molar-refractivity contribution < 1.29 is 4.39 Å². The third-order valence-corrected chi connectivity index (χ3v) is 4.76.